The molecule has 2 aliphatic carbocycles. The molecule has 1 spiro atoms. The van der Waals surface area contributed by atoms with Gasteiger partial charge in [-0.2, -0.15) is 0 Å². The van der Waals surface area contributed by atoms with Crippen molar-refractivity contribution >= 4 is 21.9 Å². The van der Waals surface area contributed by atoms with Gasteiger partial charge in [0.05, 0.1) is 13.0 Å². The zero-order valence-corrected chi connectivity index (χ0v) is 12.1. The Morgan fingerprint density at radius 2 is 2.06 bits per heavy atom. The van der Waals surface area contributed by atoms with Crippen molar-refractivity contribution in [1.82, 2.24) is 0 Å². The molecule has 96 valence electrons. The van der Waals surface area contributed by atoms with E-state index in [4.69, 9.17) is 4.74 Å². The third-order valence-corrected chi connectivity index (χ3v) is 5.07. The molecule has 0 aliphatic heterocycles. The molecule has 1 aromatic carbocycles. The molecule has 0 radical (unpaired) electrons. The van der Waals surface area contributed by atoms with Gasteiger partial charge in [-0.15, -0.1) is 0 Å². The lowest BCUT2D eigenvalue weighted by Gasteiger charge is -2.57. The van der Waals surface area contributed by atoms with E-state index in [1.54, 1.807) is 0 Å². The molecule has 0 aromatic heterocycles. The van der Waals surface area contributed by atoms with Crippen LogP contribution in [-0.4, -0.2) is 13.1 Å². The van der Waals surface area contributed by atoms with Crippen molar-refractivity contribution in [2.45, 2.75) is 31.6 Å². The number of ether oxygens (including phenoxy) is 1. The second-order valence-electron chi connectivity index (χ2n) is 5.79. The fraction of sp³-hybridized carbons (Fsp3) is 0.533. The average molecular weight is 309 g/mol. The van der Waals surface area contributed by atoms with Crippen LogP contribution in [0.3, 0.4) is 0 Å². The second kappa shape index (κ2) is 4.37. The molecule has 0 heterocycles. The summed E-state index contributed by atoms with van der Waals surface area (Å²) in [4.78, 5) is 11.4. The number of methoxy groups -OCH3 is 1. The van der Waals surface area contributed by atoms with Crippen LogP contribution in [0.15, 0.2) is 28.7 Å². The summed E-state index contributed by atoms with van der Waals surface area (Å²) in [5.41, 5.74) is 1.88. The van der Waals surface area contributed by atoms with Gasteiger partial charge in [-0.1, -0.05) is 28.1 Å². The summed E-state index contributed by atoms with van der Waals surface area (Å²) in [6.45, 7) is 0. The Kier molecular flexibility index (Phi) is 2.97. The topological polar surface area (TPSA) is 26.3 Å². The van der Waals surface area contributed by atoms with E-state index in [2.05, 4.69) is 40.2 Å². The van der Waals surface area contributed by atoms with Crippen LogP contribution < -0.4 is 0 Å². The van der Waals surface area contributed by atoms with Gasteiger partial charge in [-0.05, 0) is 54.7 Å². The van der Waals surface area contributed by atoms with Crippen LogP contribution in [0.25, 0.3) is 0 Å². The Labute approximate surface area is 116 Å². The van der Waals surface area contributed by atoms with E-state index < -0.39 is 0 Å². The molecule has 2 aliphatic rings. The molecule has 1 aromatic rings. The van der Waals surface area contributed by atoms with E-state index in [-0.39, 0.29) is 11.9 Å². The van der Waals surface area contributed by atoms with E-state index in [0.29, 0.717) is 11.3 Å². The Morgan fingerprint density at radius 1 is 1.33 bits per heavy atom. The summed E-state index contributed by atoms with van der Waals surface area (Å²) < 4.78 is 5.95. The molecule has 3 heteroatoms. The van der Waals surface area contributed by atoms with Gasteiger partial charge in [0.2, 0.25) is 0 Å². The first-order valence-electron chi connectivity index (χ1n) is 6.45. The SMILES string of the molecule is COC(=O)C1CC2(C1)CC(c1cccc(Br)c1)C2. The highest BCUT2D eigenvalue weighted by Gasteiger charge is 2.55. The molecular formula is C15H17BrO2. The fourth-order valence-electron chi connectivity index (χ4n) is 3.63. The number of carbonyl (C=O) groups excluding carboxylic acids is 1. The minimum absolute atomic E-state index is 0.0217. The highest BCUT2D eigenvalue weighted by Crippen LogP contribution is 2.64. The van der Waals surface area contributed by atoms with E-state index >= 15 is 0 Å². The van der Waals surface area contributed by atoms with Crippen LogP contribution >= 0.6 is 15.9 Å². The van der Waals surface area contributed by atoms with Crippen LogP contribution in [0.4, 0.5) is 0 Å². The van der Waals surface area contributed by atoms with Crippen LogP contribution in [0, 0.1) is 11.3 Å². The maximum absolute atomic E-state index is 11.4. The minimum atomic E-state index is -0.0217. The number of benzene rings is 1. The van der Waals surface area contributed by atoms with Crippen LogP contribution in [0.5, 0.6) is 0 Å². The molecule has 0 amide bonds. The monoisotopic (exact) mass is 308 g/mol. The van der Waals surface area contributed by atoms with Crippen molar-refractivity contribution in [2.24, 2.45) is 11.3 Å². The van der Waals surface area contributed by atoms with Crippen LogP contribution in [0.1, 0.15) is 37.2 Å². The maximum atomic E-state index is 11.4. The molecule has 0 bridgehead atoms. The zero-order valence-electron chi connectivity index (χ0n) is 10.5. The summed E-state index contributed by atoms with van der Waals surface area (Å²) in [6, 6.07) is 8.59. The molecule has 0 N–H and O–H groups in total. The number of rotatable bonds is 2. The summed E-state index contributed by atoms with van der Waals surface area (Å²) in [6.07, 6.45) is 4.53. The van der Waals surface area contributed by atoms with Crippen molar-refractivity contribution < 1.29 is 9.53 Å². The average Bonchev–Trinajstić information content (AvgIpc) is 2.25. The van der Waals surface area contributed by atoms with Crippen molar-refractivity contribution in [2.75, 3.05) is 7.11 Å². The van der Waals surface area contributed by atoms with Crippen LogP contribution in [0.2, 0.25) is 0 Å². The second-order valence-corrected chi connectivity index (χ2v) is 6.70. The number of halogens is 1. The first-order valence-corrected chi connectivity index (χ1v) is 7.24. The van der Waals surface area contributed by atoms with Gasteiger partial charge in [-0.3, -0.25) is 4.79 Å². The third-order valence-electron chi connectivity index (χ3n) is 4.57. The third kappa shape index (κ3) is 1.99. The van der Waals surface area contributed by atoms with Gasteiger partial charge in [0.1, 0.15) is 0 Å². The first kappa shape index (κ1) is 12.2. The predicted octanol–water partition coefficient (Wildman–Crippen LogP) is 3.90. The Morgan fingerprint density at radius 3 is 2.67 bits per heavy atom. The zero-order chi connectivity index (χ0) is 12.8. The number of carbonyl (C=O) groups is 1. The maximum Gasteiger partial charge on any atom is 0.308 e. The number of hydrogen-bond acceptors (Lipinski definition) is 2. The lowest BCUT2D eigenvalue weighted by molar-refractivity contribution is -0.159. The van der Waals surface area contributed by atoms with E-state index in [9.17, 15) is 4.79 Å². The van der Waals surface area contributed by atoms with Crippen LogP contribution in [-0.2, 0) is 9.53 Å². The molecule has 0 atom stereocenters. The lowest BCUT2D eigenvalue weighted by Crippen LogP contribution is -2.49. The van der Waals surface area contributed by atoms with Crippen molar-refractivity contribution in [3.63, 3.8) is 0 Å². The van der Waals surface area contributed by atoms with E-state index in [1.807, 2.05) is 0 Å². The number of esters is 1. The van der Waals surface area contributed by atoms with Crippen molar-refractivity contribution in [1.29, 1.82) is 0 Å². The van der Waals surface area contributed by atoms with Gasteiger partial charge >= 0.3 is 5.97 Å². The summed E-state index contributed by atoms with van der Waals surface area (Å²) in [5, 5.41) is 0. The van der Waals surface area contributed by atoms with Crippen molar-refractivity contribution in [3.8, 4) is 0 Å². The molecule has 3 rings (SSSR count). The normalized spacial score (nSPS) is 33.7. The molecule has 0 unspecified atom stereocenters. The number of hydrogen-bond donors (Lipinski definition) is 0. The molecule has 2 fully saturated rings. The van der Waals surface area contributed by atoms with Gasteiger partial charge in [0, 0.05) is 4.47 Å². The summed E-state index contributed by atoms with van der Waals surface area (Å²) in [7, 11) is 1.48. The van der Waals surface area contributed by atoms with Crippen molar-refractivity contribution in [3.05, 3.63) is 34.3 Å². The molecule has 0 saturated heterocycles. The van der Waals surface area contributed by atoms with Gasteiger partial charge < -0.3 is 4.74 Å². The smallest absolute Gasteiger partial charge is 0.308 e. The fourth-order valence-corrected chi connectivity index (χ4v) is 4.05. The largest absolute Gasteiger partial charge is 0.469 e. The van der Waals surface area contributed by atoms with Gasteiger partial charge in [0.25, 0.3) is 0 Å². The predicted molar refractivity (Wildman–Crippen MR) is 73.3 cm³/mol. The quantitative estimate of drug-likeness (QED) is 0.775. The minimum Gasteiger partial charge on any atom is -0.469 e. The lowest BCUT2D eigenvalue weighted by atomic mass is 9.47. The highest BCUT2D eigenvalue weighted by atomic mass is 79.9. The highest BCUT2D eigenvalue weighted by molar-refractivity contribution is 9.10. The summed E-state index contributed by atoms with van der Waals surface area (Å²) >= 11 is 3.52. The van der Waals surface area contributed by atoms with E-state index in [0.717, 1.165) is 17.3 Å². The van der Waals surface area contributed by atoms with E-state index in [1.165, 1.54) is 25.5 Å². The first-order chi connectivity index (χ1) is 8.62. The Hall–Kier alpha value is -0.830. The molecule has 2 saturated carbocycles. The molecule has 2 nitrogen and oxygen atoms in total. The Balaban J connectivity index is 1.57. The molecular weight excluding hydrogens is 292 g/mol. The Bertz CT molecular complexity index is 469. The van der Waals surface area contributed by atoms with Gasteiger partial charge in [-0.25, -0.2) is 0 Å². The van der Waals surface area contributed by atoms with Gasteiger partial charge in [0.15, 0.2) is 0 Å². The molecule has 18 heavy (non-hydrogen) atoms. The summed E-state index contributed by atoms with van der Waals surface area (Å²) in [5.74, 6) is 0.825. The standard InChI is InChI=1S/C15H17BrO2/c1-18-14(17)12-8-15(9-12)6-11(7-15)10-3-2-4-13(16)5-10/h2-5,11-12H,6-9H2,1H3.